The lowest BCUT2D eigenvalue weighted by atomic mass is 10.1. The maximum atomic E-state index is 12.7. The van der Waals surface area contributed by atoms with Gasteiger partial charge in [-0.25, -0.2) is 15.0 Å². The van der Waals surface area contributed by atoms with Crippen LogP contribution in [0.15, 0.2) is 18.3 Å². The van der Waals surface area contributed by atoms with Gasteiger partial charge in [0, 0.05) is 17.8 Å². The van der Waals surface area contributed by atoms with Crippen LogP contribution >= 0.6 is 23.2 Å². The number of alkyl halides is 3. The molecular weight excluding hydrogens is 304 g/mol. The Bertz CT molecular complexity index is 610. The highest BCUT2D eigenvalue weighted by atomic mass is 35.5. The van der Waals surface area contributed by atoms with E-state index in [-0.39, 0.29) is 21.7 Å². The summed E-state index contributed by atoms with van der Waals surface area (Å²) < 4.78 is 38.1. The Hall–Kier alpha value is -1.60. The smallest absolute Gasteiger partial charge is 0.383 e. The molecule has 2 aromatic heterocycles. The Kier molecular flexibility index (Phi) is 3.51. The number of rotatable bonds is 1. The van der Waals surface area contributed by atoms with Crippen LogP contribution in [0.2, 0.25) is 10.4 Å². The predicted molar refractivity (Wildman–Crippen MR) is 64.7 cm³/mol. The molecule has 2 rings (SSSR count). The molecule has 0 fully saturated rings. The number of nitrogens with zero attached hydrogens (tertiary/aromatic N) is 3. The van der Waals surface area contributed by atoms with Crippen LogP contribution < -0.4 is 5.73 Å². The third-order valence-corrected chi connectivity index (χ3v) is 2.55. The predicted octanol–water partition coefficient (Wildman–Crippen LogP) is 3.45. The van der Waals surface area contributed by atoms with E-state index in [1.807, 2.05) is 0 Å². The molecule has 0 radical (unpaired) electrons. The minimum absolute atomic E-state index is 0.0142. The van der Waals surface area contributed by atoms with Gasteiger partial charge in [0.05, 0.1) is 11.3 Å². The second-order valence-corrected chi connectivity index (χ2v) is 4.22. The minimum atomic E-state index is -4.60. The molecule has 9 heteroatoms. The molecule has 0 saturated carbocycles. The van der Waals surface area contributed by atoms with Gasteiger partial charge < -0.3 is 5.73 Å². The Labute approximate surface area is 115 Å². The molecule has 0 aliphatic carbocycles. The highest BCUT2D eigenvalue weighted by molar-refractivity contribution is 6.32. The number of pyridine rings is 1. The van der Waals surface area contributed by atoms with Gasteiger partial charge in [0.2, 0.25) is 5.28 Å². The first-order chi connectivity index (χ1) is 8.77. The van der Waals surface area contributed by atoms with Crippen molar-refractivity contribution in [3.8, 4) is 11.3 Å². The second kappa shape index (κ2) is 4.82. The normalized spacial score (nSPS) is 11.6. The molecule has 0 aliphatic rings. The second-order valence-electron chi connectivity index (χ2n) is 3.50. The summed E-state index contributed by atoms with van der Waals surface area (Å²) in [6.45, 7) is 0. The van der Waals surface area contributed by atoms with E-state index in [4.69, 9.17) is 28.9 Å². The zero-order valence-electron chi connectivity index (χ0n) is 9.04. The molecule has 0 atom stereocenters. The summed E-state index contributed by atoms with van der Waals surface area (Å²) in [7, 11) is 0. The maximum absolute atomic E-state index is 12.7. The fourth-order valence-corrected chi connectivity index (χ4v) is 1.79. The number of anilines is 1. The maximum Gasteiger partial charge on any atom is 0.419 e. The number of aromatic nitrogens is 3. The highest BCUT2D eigenvalue weighted by Gasteiger charge is 2.34. The third kappa shape index (κ3) is 3.05. The fraction of sp³-hybridized carbons (Fsp3) is 0.100. The number of hydrogen-bond acceptors (Lipinski definition) is 4. The molecule has 19 heavy (non-hydrogen) atoms. The van der Waals surface area contributed by atoms with Crippen molar-refractivity contribution in [3.63, 3.8) is 0 Å². The van der Waals surface area contributed by atoms with E-state index in [2.05, 4.69) is 15.0 Å². The van der Waals surface area contributed by atoms with E-state index in [0.717, 1.165) is 12.3 Å². The van der Waals surface area contributed by atoms with E-state index >= 15 is 0 Å². The van der Waals surface area contributed by atoms with Crippen LogP contribution in [0.5, 0.6) is 0 Å². The van der Waals surface area contributed by atoms with Crippen LogP contribution in [-0.2, 0) is 6.18 Å². The first kappa shape index (κ1) is 13.8. The van der Waals surface area contributed by atoms with Crippen molar-refractivity contribution in [3.05, 3.63) is 34.3 Å². The quantitative estimate of drug-likeness (QED) is 0.647. The van der Waals surface area contributed by atoms with Crippen molar-refractivity contribution in [1.29, 1.82) is 0 Å². The summed E-state index contributed by atoms with van der Waals surface area (Å²) in [5, 5.41) is -0.159. The molecule has 0 bridgehead atoms. The molecule has 0 aromatic carbocycles. The van der Waals surface area contributed by atoms with Crippen LogP contribution in [0.4, 0.5) is 19.0 Å². The molecule has 0 spiro atoms. The summed E-state index contributed by atoms with van der Waals surface area (Å²) in [6.07, 6.45) is -3.45. The van der Waals surface area contributed by atoms with Gasteiger partial charge >= 0.3 is 6.18 Å². The molecule has 0 amide bonds. The van der Waals surface area contributed by atoms with Gasteiger partial charge in [-0.1, -0.05) is 11.6 Å². The first-order valence-corrected chi connectivity index (χ1v) is 5.56. The van der Waals surface area contributed by atoms with E-state index in [0.29, 0.717) is 0 Å². The zero-order valence-corrected chi connectivity index (χ0v) is 10.6. The molecular formula is C10H5Cl2F3N4. The summed E-state index contributed by atoms with van der Waals surface area (Å²) in [4.78, 5) is 10.9. The molecule has 2 N–H and O–H groups in total. The standard InChI is InChI=1S/C10H5Cl2F3N4/c11-7-2-6(18-9(12)19-7)4-1-5(10(13,14)15)8(16)17-3-4/h1-3H,(H2,16,17). The molecule has 0 unspecified atom stereocenters. The van der Waals surface area contributed by atoms with Crippen molar-refractivity contribution in [2.45, 2.75) is 6.18 Å². The largest absolute Gasteiger partial charge is 0.419 e. The Morgan fingerprint density at radius 2 is 1.79 bits per heavy atom. The molecule has 0 saturated heterocycles. The molecule has 4 nitrogen and oxygen atoms in total. The van der Waals surface area contributed by atoms with Crippen molar-refractivity contribution >= 4 is 29.0 Å². The van der Waals surface area contributed by atoms with Gasteiger partial charge in [-0.15, -0.1) is 0 Å². The molecule has 2 heterocycles. The van der Waals surface area contributed by atoms with Gasteiger partial charge in [0.25, 0.3) is 0 Å². The average molecular weight is 309 g/mol. The van der Waals surface area contributed by atoms with E-state index in [1.54, 1.807) is 0 Å². The van der Waals surface area contributed by atoms with E-state index < -0.39 is 17.6 Å². The van der Waals surface area contributed by atoms with Crippen molar-refractivity contribution in [1.82, 2.24) is 15.0 Å². The van der Waals surface area contributed by atoms with Crippen LogP contribution in [0, 0.1) is 0 Å². The number of halogens is 5. The van der Waals surface area contributed by atoms with E-state index in [1.165, 1.54) is 6.07 Å². The van der Waals surface area contributed by atoms with Crippen molar-refractivity contribution in [2.75, 3.05) is 5.73 Å². The minimum Gasteiger partial charge on any atom is -0.383 e. The number of hydrogen-bond donors (Lipinski definition) is 1. The SMILES string of the molecule is Nc1ncc(-c2cc(Cl)nc(Cl)n2)cc1C(F)(F)F. The van der Waals surface area contributed by atoms with Gasteiger partial charge in [0.1, 0.15) is 11.0 Å². The van der Waals surface area contributed by atoms with Crippen LogP contribution in [0.1, 0.15) is 5.56 Å². The molecule has 0 aliphatic heterocycles. The van der Waals surface area contributed by atoms with Gasteiger partial charge in [0.15, 0.2) is 0 Å². The average Bonchev–Trinajstić information content (AvgIpc) is 2.26. The van der Waals surface area contributed by atoms with Gasteiger partial charge in [-0.05, 0) is 17.7 Å². The Balaban J connectivity index is 2.58. The summed E-state index contributed by atoms with van der Waals surface area (Å²) in [5.41, 5.74) is 4.37. The van der Waals surface area contributed by atoms with Gasteiger partial charge in [-0.2, -0.15) is 13.2 Å². The summed E-state index contributed by atoms with van der Waals surface area (Å²) >= 11 is 11.2. The number of nitrogen functional groups attached to an aromatic ring is 1. The number of nitrogens with two attached hydrogens (primary N) is 1. The first-order valence-electron chi connectivity index (χ1n) is 4.80. The summed E-state index contributed by atoms with van der Waals surface area (Å²) in [5.74, 6) is -0.609. The fourth-order valence-electron chi connectivity index (χ4n) is 1.38. The monoisotopic (exact) mass is 308 g/mol. The highest BCUT2D eigenvalue weighted by Crippen LogP contribution is 2.35. The van der Waals surface area contributed by atoms with Crippen molar-refractivity contribution < 1.29 is 13.2 Å². The van der Waals surface area contributed by atoms with Crippen LogP contribution in [0.3, 0.4) is 0 Å². The van der Waals surface area contributed by atoms with Crippen molar-refractivity contribution in [2.24, 2.45) is 0 Å². The third-order valence-electron chi connectivity index (χ3n) is 2.19. The summed E-state index contributed by atoms with van der Waals surface area (Å²) in [6, 6.07) is 2.11. The topological polar surface area (TPSA) is 64.7 Å². The van der Waals surface area contributed by atoms with E-state index in [9.17, 15) is 13.2 Å². The van der Waals surface area contributed by atoms with Gasteiger partial charge in [-0.3, -0.25) is 0 Å². The zero-order chi connectivity index (χ0) is 14.2. The lowest BCUT2D eigenvalue weighted by molar-refractivity contribution is -0.137. The Morgan fingerprint density at radius 1 is 1.11 bits per heavy atom. The lowest BCUT2D eigenvalue weighted by Crippen LogP contribution is -2.10. The molecule has 100 valence electrons. The van der Waals surface area contributed by atoms with Crippen LogP contribution in [-0.4, -0.2) is 15.0 Å². The van der Waals surface area contributed by atoms with Crippen LogP contribution in [0.25, 0.3) is 11.3 Å². The molecule has 2 aromatic rings. The lowest BCUT2D eigenvalue weighted by Gasteiger charge is -2.10. The Morgan fingerprint density at radius 3 is 2.37 bits per heavy atom.